The number of fused-ring (bicyclic) bond motifs is 1. The molecule has 2 heterocycles. The normalized spacial score (nSPS) is 15.3. The number of likely N-dealkylation sites (N-methyl/N-ethyl adjacent to an activating group) is 1. The molecule has 0 saturated carbocycles. The molecule has 1 saturated heterocycles. The molecule has 0 aliphatic carbocycles. The maximum absolute atomic E-state index is 12.9. The molecule has 27 heavy (non-hydrogen) atoms. The Balaban J connectivity index is 1.65. The molecular weight excluding hydrogens is 366 g/mol. The van der Waals surface area contributed by atoms with Gasteiger partial charge >= 0.3 is 0 Å². The van der Waals surface area contributed by atoms with E-state index in [-0.39, 0.29) is 11.8 Å². The summed E-state index contributed by atoms with van der Waals surface area (Å²) < 4.78 is 5.80. The van der Waals surface area contributed by atoms with Crippen molar-refractivity contribution in [2.24, 2.45) is 0 Å². The zero-order valence-corrected chi connectivity index (χ0v) is 16.9. The van der Waals surface area contributed by atoms with Crippen LogP contribution in [0.3, 0.4) is 0 Å². The number of furan rings is 1. The molecule has 1 aromatic carbocycles. The molecule has 2 aromatic rings. The van der Waals surface area contributed by atoms with Gasteiger partial charge in [-0.2, -0.15) is 0 Å². The van der Waals surface area contributed by atoms with E-state index in [1.54, 1.807) is 11.0 Å². The lowest BCUT2D eigenvalue weighted by Crippen LogP contribution is -2.51. The van der Waals surface area contributed by atoms with E-state index < -0.39 is 0 Å². The molecule has 0 bridgehead atoms. The minimum Gasteiger partial charge on any atom is -0.449 e. The number of carbonyl (C=O) groups excluding carboxylic acids is 2. The van der Waals surface area contributed by atoms with E-state index in [0.29, 0.717) is 49.1 Å². The predicted octanol–water partition coefficient (Wildman–Crippen LogP) is 3.02. The second-order valence-corrected chi connectivity index (χ2v) is 7.21. The maximum atomic E-state index is 12.9. The van der Waals surface area contributed by atoms with Gasteiger partial charge in [-0.25, -0.2) is 0 Å². The van der Waals surface area contributed by atoms with E-state index in [4.69, 9.17) is 16.0 Å². The van der Waals surface area contributed by atoms with E-state index in [0.717, 1.165) is 24.0 Å². The third-order valence-electron chi connectivity index (χ3n) is 5.24. The number of halogens is 1. The van der Waals surface area contributed by atoms with Crippen LogP contribution >= 0.6 is 11.6 Å². The van der Waals surface area contributed by atoms with Crippen molar-refractivity contribution in [3.8, 4) is 0 Å². The van der Waals surface area contributed by atoms with Crippen molar-refractivity contribution in [2.75, 3.05) is 45.8 Å². The largest absolute Gasteiger partial charge is 0.449 e. The Hall–Kier alpha value is -2.05. The fourth-order valence-electron chi connectivity index (χ4n) is 3.53. The fourth-order valence-corrected chi connectivity index (χ4v) is 3.75. The molecule has 0 N–H and O–H groups in total. The second-order valence-electron chi connectivity index (χ2n) is 6.81. The number of benzene rings is 1. The highest BCUT2D eigenvalue weighted by Gasteiger charge is 2.28. The van der Waals surface area contributed by atoms with Crippen LogP contribution in [0, 0.1) is 6.92 Å². The molecule has 6 nitrogen and oxygen atoms in total. The topological polar surface area (TPSA) is 57.0 Å². The Morgan fingerprint density at radius 1 is 1.15 bits per heavy atom. The molecule has 146 valence electrons. The minimum absolute atomic E-state index is 0.116. The van der Waals surface area contributed by atoms with Gasteiger partial charge in [-0.3, -0.25) is 14.5 Å². The Bertz CT molecular complexity index is 836. The van der Waals surface area contributed by atoms with E-state index in [9.17, 15) is 9.59 Å². The number of aryl methyl sites for hydroxylation is 1. The lowest BCUT2D eigenvalue weighted by atomic mass is 10.1. The van der Waals surface area contributed by atoms with Crippen LogP contribution in [0.15, 0.2) is 22.6 Å². The van der Waals surface area contributed by atoms with Crippen molar-refractivity contribution in [1.29, 1.82) is 0 Å². The van der Waals surface area contributed by atoms with Crippen LogP contribution in [0.4, 0.5) is 0 Å². The summed E-state index contributed by atoms with van der Waals surface area (Å²) in [6, 6.07) is 5.52. The molecule has 0 unspecified atom stereocenters. The summed E-state index contributed by atoms with van der Waals surface area (Å²) in [5.74, 6) is 0.378. The van der Waals surface area contributed by atoms with Crippen molar-refractivity contribution >= 4 is 34.4 Å². The molecule has 7 heteroatoms. The molecule has 0 spiro atoms. The van der Waals surface area contributed by atoms with Gasteiger partial charge in [-0.1, -0.05) is 23.7 Å². The standard InChI is InChI=1S/C20H26ClN3O3/c1-4-23(5-2)17(25)13-22-9-11-24(12-10-22)20(26)18-14(3)15-7-6-8-16(21)19(15)27-18/h6-8H,4-5,9-13H2,1-3H3. The van der Waals surface area contributed by atoms with Gasteiger partial charge in [0, 0.05) is 50.2 Å². The van der Waals surface area contributed by atoms with E-state index in [1.165, 1.54) is 0 Å². The average Bonchev–Trinajstić information content (AvgIpc) is 3.01. The van der Waals surface area contributed by atoms with Crippen LogP contribution in [0.2, 0.25) is 5.02 Å². The van der Waals surface area contributed by atoms with Crippen molar-refractivity contribution in [1.82, 2.24) is 14.7 Å². The number of piperazine rings is 1. The lowest BCUT2D eigenvalue weighted by Gasteiger charge is -2.34. The third-order valence-corrected chi connectivity index (χ3v) is 5.54. The summed E-state index contributed by atoms with van der Waals surface area (Å²) in [5.41, 5.74) is 1.38. The average molecular weight is 392 g/mol. The van der Waals surface area contributed by atoms with Crippen LogP contribution < -0.4 is 0 Å². The van der Waals surface area contributed by atoms with Gasteiger partial charge in [0.25, 0.3) is 5.91 Å². The quantitative estimate of drug-likeness (QED) is 0.786. The molecule has 2 amide bonds. The van der Waals surface area contributed by atoms with Gasteiger partial charge in [0.2, 0.25) is 5.91 Å². The Morgan fingerprint density at radius 3 is 2.41 bits per heavy atom. The molecule has 1 fully saturated rings. The molecule has 1 aliphatic heterocycles. The van der Waals surface area contributed by atoms with Gasteiger partial charge in [0.1, 0.15) is 0 Å². The van der Waals surface area contributed by atoms with Gasteiger partial charge in [0.15, 0.2) is 11.3 Å². The van der Waals surface area contributed by atoms with Crippen molar-refractivity contribution in [2.45, 2.75) is 20.8 Å². The highest BCUT2D eigenvalue weighted by molar-refractivity contribution is 6.35. The number of carbonyl (C=O) groups is 2. The Morgan fingerprint density at radius 2 is 1.81 bits per heavy atom. The van der Waals surface area contributed by atoms with Crippen LogP contribution in [0.5, 0.6) is 0 Å². The van der Waals surface area contributed by atoms with Crippen molar-refractivity contribution < 1.29 is 14.0 Å². The first kappa shape index (κ1) is 19.7. The van der Waals surface area contributed by atoms with Gasteiger partial charge in [-0.15, -0.1) is 0 Å². The molecule has 1 aliphatic rings. The van der Waals surface area contributed by atoms with Crippen LogP contribution in [0.1, 0.15) is 30.0 Å². The third kappa shape index (κ3) is 3.96. The highest BCUT2D eigenvalue weighted by atomic mass is 35.5. The van der Waals surface area contributed by atoms with Crippen molar-refractivity contribution in [3.05, 3.63) is 34.5 Å². The molecular formula is C20H26ClN3O3. The lowest BCUT2D eigenvalue weighted by molar-refractivity contribution is -0.132. The first-order valence-corrected chi connectivity index (χ1v) is 9.81. The summed E-state index contributed by atoms with van der Waals surface area (Å²) in [7, 11) is 0. The van der Waals surface area contributed by atoms with Gasteiger partial charge in [-0.05, 0) is 26.8 Å². The monoisotopic (exact) mass is 391 g/mol. The molecule has 3 rings (SSSR count). The van der Waals surface area contributed by atoms with Crippen LogP contribution in [-0.4, -0.2) is 72.3 Å². The first-order valence-electron chi connectivity index (χ1n) is 9.43. The number of rotatable bonds is 5. The van der Waals surface area contributed by atoms with Gasteiger partial charge in [0.05, 0.1) is 11.6 Å². The second kappa shape index (κ2) is 8.31. The van der Waals surface area contributed by atoms with Gasteiger partial charge < -0.3 is 14.2 Å². The Kier molecular flexibility index (Phi) is 6.07. The number of hydrogen-bond donors (Lipinski definition) is 0. The Labute approximate surface area is 164 Å². The number of hydrogen-bond acceptors (Lipinski definition) is 4. The SMILES string of the molecule is CCN(CC)C(=O)CN1CCN(C(=O)c2oc3c(Cl)cccc3c2C)CC1. The van der Waals surface area contributed by atoms with E-state index >= 15 is 0 Å². The summed E-state index contributed by atoms with van der Waals surface area (Å²) in [6.45, 7) is 10.2. The van der Waals surface area contributed by atoms with Crippen LogP contribution in [-0.2, 0) is 4.79 Å². The van der Waals surface area contributed by atoms with E-state index in [2.05, 4.69) is 4.90 Å². The summed E-state index contributed by atoms with van der Waals surface area (Å²) >= 11 is 6.19. The number of nitrogens with zero attached hydrogens (tertiary/aromatic N) is 3. The smallest absolute Gasteiger partial charge is 0.289 e. The van der Waals surface area contributed by atoms with Crippen LogP contribution in [0.25, 0.3) is 11.0 Å². The zero-order valence-electron chi connectivity index (χ0n) is 16.1. The van der Waals surface area contributed by atoms with Crippen molar-refractivity contribution in [3.63, 3.8) is 0 Å². The maximum Gasteiger partial charge on any atom is 0.289 e. The molecule has 0 radical (unpaired) electrons. The summed E-state index contributed by atoms with van der Waals surface area (Å²) in [4.78, 5) is 30.9. The fraction of sp³-hybridized carbons (Fsp3) is 0.500. The summed E-state index contributed by atoms with van der Waals surface area (Å²) in [6.07, 6.45) is 0. The van der Waals surface area contributed by atoms with E-state index in [1.807, 2.05) is 37.8 Å². The minimum atomic E-state index is -0.116. The first-order chi connectivity index (χ1) is 13.0. The molecule has 1 aromatic heterocycles. The summed E-state index contributed by atoms with van der Waals surface area (Å²) in [5, 5.41) is 1.38. The number of para-hydroxylation sites is 1. The number of amides is 2. The zero-order chi connectivity index (χ0) is 19.6. The highest BCUT2D eigenvalue weighted by Crippen LogP contribution is 2.31. The predicted molar refractivity (Wildman–Crippen MR) is 106 cm³/mol. The molecule has 0 atom stereocenters.